The van der Waals surface area contributed by atoms with Crippen LogP contribution in [-0.4, -0.2) is 0 Å². The molecular formula is C71H47NO2. The molecule has 74 heavy (non-hydrogen) atoms. The zero-order valence-corrected chi connectivity index (χ0v) is 40.9. The lowest BCUT2D eigenvalue weighted by molar-refractivity contribution is 0.436. The number of ether oxygens (including phenoxy) is 2. The summed E-state index contributed by atoms with van der Waals surface area (Å²) in [6.45, 7) is 4.75. The fraction of sp³-hybridized carbons (Fsp3) is 0.0704. The molecule has 5 aliphatic rings. The summed E-state index contributed by atoms with van der Waals surface area (Å²) >= 11 is 0. The monoisotopic (exact) mass is 945 g/mol. The number of para-hydroxylation sites is 4. The number of benzene rings is 11. The van der Waals surface area contributed by atoms with Crippen molar-refractivity contribution in [2.24, 2.45) is 0 Å². The minimum atomic E-state index is -0.609. The molecule has 11 aromatic rings. The zero-order valence-electron chi connectivity index (χ0n) is 40.9. The summed E-state index contributed by atoms with van der Waals surface area (Å²) in [5.74, 6) is 3.56. The molecule has 3 nitrogen and oxygen atoms in total. The van der Waals surface area contributed by atoms with Crippen molar-refractivity contribution in [3.63, 3.8) is 0 Å². The predicted molar refractivity (Wildman–Crippen MR) is 299 cm³/mol. The van der Waals surface area contributed by atoms with Crippen LogP contribution in [0.3, 0.4) is 0 Å². The van der Waals surface area contributed by atoms with E-state index in [-0.39, 0.29) is 5.41 Å². The van der Waals surface area contributed by atoms with Crippen LogP contribution < -0.4 is 14.4 Å². The van der Waals surface area contributed by atoms with Gasteiger partial charge >= 0.3 is 0 Å². The van der Waals surface area contributed by atoms with E-state index in [1.54, 1.807) is 0 Å². The molecule has 0 N–H and O–H groups in total. The molecule has 0 saturated heterocycles. The molecule has 3 heteroatoms. The first-order valence-corrected chi connectivity index (χ1v) is 25.8. The Morgan fingerprint density at radius 1 is 0.284 bits per heavy atom. The van der Waals surface area contributed by atoms with E-state index in [9.17, 15) is 0 Å². The van der Waals surface area contributed by atoms with E-state index < -0.39 is 10.8 Å². The Kier molecular flexibility index (Phi) is 8.37. The smallest absolute Gasteiger partial charge is 0.132 e. The summed E-state index contributed by atoms with van der Waals surface area (Å²) in [5, 5.41) is 0. The Hall–Kier alpha value is -9.18. The maximum atomic E-state index is 6.76. The fourth-order valence-electron chi connectivity index (χ4n) is 14.2. The van der Waals surface area contributed by atoms with Crippen LogP contribution >= 0.6 is 0 Å². The van der Waals surface area contributed by atoms with E-state index >= 15 is 0 Å². The summed E-state index contributed by atoms with van der Waals surface area (Å²) in [4.78, 5) is 2.53. The highest BCUT2D eigenvalue weighted by Crippen LogP contribution is 2.66. The van der Waals surface area contributed by atoms with Gasteiger partial charge < -0.3 is 14.4 Å². The molecule has 0 amide bonds. The van der Waals surface area contributed by atoms with Crippen LogP contribution in [0.2, 0.25) is 0 Å². The first-order chi connectivity index (χ1) is 36.5. The van der Waals surface area contributed by atoms with E-state index in [2.05, 4.69) is 267 Å². The Labute approximate surface area is 431 Å². The van der Waals surface area contributed by atoms with Crippen molar-refractivity contribution in [1.82, 2.24) is 0 Å². The van der Waals surface area contributed by atoms with Crippen molar-refractivity contribution in [2.45, 2.75) is 30.1 Å². The predicted octanol–water partition coefficient (Wildman–Crippen LogP) is 18.1. The van der Waals surface area contributed by atoms with Gasteiger partial charge in [0.2, 0.25) is 0 Å². The molecule has 0 radical (unpaired) electrons. The number of rotatable bonds is 4. The Balaban J connectivity index is 0.938. The number of fused-ring (bicyclic) bond motifs is 21. The van der Waals surface area contributed by atoms with E-state index in [0.717, 1.165) is 73.4 Å². The van der Waals surface area contributed by atoms with Gasteiger partial charge in [-0.15, -0.1) is 0 Å². The summed E-state index contributed by atoms with van der Waals surface area (Å²) in [5.41, 5.74) is 24.2. The second-order valence-electron chi connectivity index (χ2n) is 21.0. The van der Waals surface area contributed by atoms with Crippen LogP contribution in [0.25, 0.3) is 44.5 Å². The third-order valence-electron chi connectivity index (χ3n) is 17.2. The van der Waals surface area contributed by atoms with Crippen molar-refractivity contribution in [2.75, 3.05) is 4.90 Å². The highest BCUT2D eigenvalue weighted by atomic mass is 16.5. The Morgan fingerprint density at radius 3 is 1.32 bits per heavy atom. The molecule has 11 aromatic carbocycles. The highest BCUT2D eigenvalue weighted by molar-refractivity contribution is 5.99. The lowest BCUT2D eigenvalue weighted by Crippen LogP contribution is -2.32. The van der Waals surface area contributed by atoms with Gasteiger partial charge in [0.25, 0.3) is 0 Å². The van der Waals surface area contributed by atoms with Gasteiger partial charge in [-0.25, -0.2) is 0 Å². The van der Waals surface area contributed by atoms with Crippen molar-refractivity contribution in [1.29, 1.82) is 0 Å². The maximum absolute atomic E-state index is 6.76. The largest absolute Gasteiger partial charge is 0.457 e. The average molecular weight is 946 g/mol. The van der Waals surface area contributed by atoms with Gasteiger partial charge in [0.1, 0.15) is 23.0 Å². The third-order valence-corrected chi connectivity index (χ3v) is 17.2. The minimum Gasteiger partial charge on any atom is -0.457 e. The van der Waals surface area contributed by atoms with Crippen LogP contribution in [-0.2, 0) is 16.2 Å². The Bertz CT molecular complexity index is 4120. The lowest BCUT2D eigenvalue weighted by atomic mass is 9.66. The maximum Gasteiger partial charge on any atom is 0.132 e. The molecule has 0 unspecified atom stereocenters. The van der Waals surface area contributed by atoms with E-state index in [1.807, 2.05) is 0 Å². The van der Waals surface area contributed by atoms with Crippen LogP contribution in [0.4, 0.5) is 17.1 Å². The van der Waals surface area contributed by atoms with Gasteiger partial charge in [-0.2, -0.15) is 0 Å². The SMILES string of the molecule is CC1(C)c2ccccc2-c2ccc(N(c3cccc(-c4ccc5c(c4)C4(c6ccccc6Oc6ccccc64)c4ccccc4-5)c3)c3cccc4c3-c3ccccc3C43c4ccccc4Oc4ccccc43)cc21. The quantitative estimate of drug-likeness (QED) is 0.175. The zero-order chi connectivity index (χ0) is 48.9. The van der Waals surface area contributed by atoms with Crippen LogP contribution in [0.5, 0.6) is 23.0 Å². The first kappa shape index (κ1) is 41.4. The average Bonchev–Trinajstić information content (AvgIpc) is 4.07. The Morgan fingerprint density at radius 2 is 0.703 bits per heavy atom. The third kappa shape index (κ3) is 5.25. The van der Waals surface area contributed by atoms with Gasteiger partial charge in [-0.1, -0.05) is 202 Å². The van der Waals surface area contributed by atoms with Crippen LogP contribution in [0.15, 0.2) is 249 Å². The molecule has 0 saturated carbocycles. The lowest BCUT2D eigenvalue weighted by Gasteiger charge is -2.39. The summed E-state index contributed by atoms with van der Waals surface area (Å²) < 4.78 is 13.5. The molecular weight excluding hydrogens is 899 g/mol. The molecule has 0 aromatic heterocycles. The number of hydrogen-bond acceptors (Lipinski definition) is 3. The molecule has 2 aliphatic heterocycles. The molecule has 0 bridgehead atoms. The minimum absolute atomic E-state index is 0.195. The van der Waals surface area contributed by atoms with Crippen LogP contribution in [0, 0.1) is 0 Å². The van der Waals surface area contributed by atoms with Gasteiger partial charge in [-0.05, 0) is 133 Å². The number of anilines is 3. The second kappa shape index (κ2) is 14.9. The van der Waals surface area contributed by atoms with Gasteiger partial charge in [0.15, 0.2) is 0 Å². The van der Waals surface area contributed by atoms with E-state index in [0.29, 0.717) is 0 Å². The molecule has 0 fully saturated rings. The van der Waals surface area contributed by atoms with E-state index in [1.165, 1.54) is 66.8 Å². The fourth-order valence-corrected chi connectivity index (χ4v) is 14.2. The standard InChI is InChI=1S/C71H47NO2/c1-69(2)53-24-6-3-21-48(53)50-40-38-47(43-61(50)69)72(63-32-18-31-60-68(63)52-23-5-8-26-55(52)70(60)56-27-9-13-33-64(56)73-65-34-14-10-28-57(65)70)46-20-17-19-44(41-46)45-37-39-51-49-22-4-7-25-54(49)71(62(51)42-45)58-29-11-15-35-66(58)74-67-36-16-12-30-59(67)71/h3-43H,1-2H3. The van der Waals surface area contributed by atoms with Crippen LogP contribution in [0.1, 0.15) is 69.5 Å². The van der Waals surface area contributed by atoms with Gasteiger partial charge in [0, 0.05) is 44.6 Å². The van der Waals surface area contributed by atoms with Crippen molar-refractivity contribution < 1.29 is 9.47 Å². The molecule has 348 valence electrons. The number of nitrogens with zero attached hydrogens (tertiary/aromatic N) is 1. The van der Waals surface area contributed by atoms with Crippen molar-refractivity contribution in [3.05, 3.63) is 304 Å². The van der Waals surface area contributed by atoms with Gasteiger partial charge in [-0.3, -0.25) is 0 Å². The molecule has 2 spiro atoms. The number of hydrogen-bond donors (Lipinski definition) is 0. The molecule has 3 aliphatic carbocycles. The molecule has 0 atom stereocenters. The summed E-state index contributed by atoms with van der Waals surface area (Å²) in [6, 6.07) is 92.0. The topological polar surface area (TPSA) is 21.7 Å². The van der Waals surface area contributed by atoms with Gasteiger partial charge in [0.05, 0.1) is 16.5 Å². The van der Waals surface area contributed by atoms with E-state index in [4.69, 9.17) is 9.47 Å². The molecule has 16 rings (SSSR count). The second-order valence-corrected chi connectivity index (χ2v) is 21.0. The van der Waals surface area contributed by atoms with Crippen molar-refractivity contribution >= 4 is 17.1 Å². The first-order valence-electron chi connectivity index (χ1n) is 25.8. The van der Waals surface area contributed by atoms with Crippen molar-refractivity contribution in [3.8, 4) is 67.5 Å². The summed E-state index contributed by atoms with van der Waals surface area (Å²) in [7, 11) is 0. The molecule has 2 heterocycles. The highest BCUT2D eigenvalue weighted by Gasteiger charge is 2.53. The summed E-state index contributed by atoms with van der Waals surface area (Å²) in [6.07, 6.45) is 0. The normalized spacial score (nSPS) is 15.2.